The summed E-state index contributed by atoms with van der Waals surface area (Å²) in [5, 5.41) is 3.06. The minimum atomic E-state index is 0.237. The van der Waals surface area contributed by atoms with Gasteiger partial charge in [0.05, 0.1) is 6.04 Å². The quantitative estimate of drug-likeness (QED) is 0.653. The Bertz CT molecular complexity index is 185. The second kappa shape index (κ2) is 3.27. The largest absolute Gasteiger partial charge is 0.311 e. The van der Waals surface area contributed by atoms with Gasteiger partial charge in [-0.3, -0.25) is 0 Å². The fraction of sp³-hybridized carbons (Fsp3) is 0.429. The predicted molar refractivity (Wildman–Crippen MR) is 39.5 cm³/mol. The van der Waals surface area contributed by atoms with E-state index in [0.717, 1.165) is 5.82 Å². The van der Waals surface area contributed by atoms with E-state index in [1.54, 1.807) is 12.4 Å². The molecular weight excluding hydrogens is 126 g/mol. The van der Waals surface area contributed by atoms with Gasteiger partial charge in [-0.05, 0) is 20.0 Å². The molecule has 3 heteroatoms. The third-order valence-corrected chi connectivity index (χ3v) is 1.41. The molecule has 10 heavy (non-hydrogen) atoms. The van der Waals surface area contributed by atoms with Crippen LogP contribution in [0, 0.1) is 0 Å². The Morgan fingerprint density at radius 3 is 2.50 bits per heavy atom. The van der Waals surface area contributed by atoms with Crippen molar-refractivity contribution in [3.05, 3.63) is 24.3 Å². The van der Waals surface area contributed by atoms with Crippen LogP contribution in [0.5, 0.6) is 0 Å². The third kappa shape index (κ3) is 1.51. The number of hydrogen-bond acceptors (Lipinski definition) is 3. The highest BCUT2D eigenvalue weighted by Crippen LogP contribution is 2.01. The molecule has 0 amide bonds. The monoisotopic (exact) mass is 137 g/mol. The van der Waals surface area contributed by atoms with Gasteiger partial charge in [-0.1, -0.05) is 0 Å². The van der Waals surface area contributed by atoms with Crippen molar-refractivity contribution in [3.8, 4) is 0 Å². The van der Waals surface area contributed by atoms with Gasteiger partial charge in [-0.2, -0.15) is 0 Å². The zero-order chi connectivity index (χ0) is 7.40. The van der Waals surface area contributed by atoms with Crippen LogP contribution in [0.15, 0.2) is 18.5 Å². The van der Waals surface area contributed by atoms with E-state index in [0.29, 0.717) is 0 Å². The number of nitrogens with zero attached hydrogens (tertiary/aromatic N) is 2. The van der Waals surface area contributed by atoms with Crippen molar-refractivity contribution in [3.63, 3.8) is 0 Å². The minimum absolute atomic E-state index is 0.237. The Hall–Kier alpha value is -0.960. The molecule has 0 unspecified atom stereocenters. The lowest BCUT2D eigenvalue weighted by Crippen LogP contribution is -2.14. The van der Waals surface area contributed by atoms with Crippen molar-refractivity contribution in [2.45, 2.75) is 13.0 Å². The molecule has 1 aromatic rings. The standard InChI is InChI=1S/C7H11N3/c1-6(8-2)7-9-4-3-5-10-7/h3-6,8H,1-2H3/t6-/m0/s1. The van der Waals surface area contributed by atoms with Crippen molar-refractivity contribution in [1.29, 1.82) is 0 Å². The highest BCUT2D eigenvalue weighted by Gasteiger charge is 2.01. The zero-order valence-corrected chi connectivity index (χ0v) is 6.20. The third-order valence-electron chi connectivity index (χ3n) is 1.41. The van der Waals surface area contributed by atoms with Gasteiger partial charge < -0.3 is 5.32 Å². The summed E-state index contributed by atoms with van der Waals surface area (Å²) in [5.74, 6) is 0.838. The van der Waals surface area contributed by atoms with Gasteiger partial charge in [-0.25, -0.2) is 9.97 Å². The van der Waals surface area contributed by atoms with Crippen molar-refractivity contribution >= 4 is 0 Å². The maximum atomic E-state index is 4.08. The van der Waals surface area contributed by atoms with Crippen LogP contribution < -0.4 is 5.32 Å². The molecule has 1 atom stereocenters. The molecule has 0 aliphatic carbocycles. The van der Waals surface area contributed by atoms with Crippen LogP contribution in [0.2, 0.25) is 0 Å². The average molecular weight is 137 g/mol. The molecule has 3 nitrogen and oxygen atoms in total. The summed E-state index contributed by atoms with van der Waals surface area (Å²) in [4.78, 5) is 8.15. The van der Waals surface area contributed by atoms with Gasteiger partial charge in [0.25, 0.3) is 0 Å². The van der Waals surface area contributed by atoms with Crippen LogP contribution in [0.4, 0.5) is 0 Å². The molecule has 1 N–H and O–H groups in total. The summed E-state index contributed by atoms with van der Waals surface area (Å²) in [7, 11) is 1.89. The van der Waals surface area contributed by atoms with Gasteiger partial charge in [0.1, 0.15) is 5.82 Å². The number of rotatable bonds is 2. The van der Waals surface area contributed by atoms with Crippen molar-refractivity contribution in [2.24, 2.45) is 0 Å². The molecule has 0 saturated heterocycles. The van der Waals surface area contributed by atoms with Crippen LogP contribution in [0.3, 0.4) is 0 Å². The van der Waals surface area contributed by atoms with Crippen LogP contribution in [0.1, 0.15) is 18.8 Å². The van der Waals surface area contributed by atoms with E-state index in [4.69, 9.17) is 0 Å². The first kappa shape index (κ1) is 7.15. The molecule has 54 valence electrons. The average Bonchev–Trinajstić information content (AvgIpc) is 2.05. The maximum absolute atomic E-state index is 4.08. The molecule has 0 saturated carbocycles. The molecule has 0 fully saturated rings. The Labute approximate surface area is 60.5 Å². The number of hydrogen-bond donors (Lipinski definition) is 1. The van der Waals surface area contributed by atoms with E-state index in [-0.39, 0.29) is 6.04 Å². The Balaban J connectivity index is 2.75. The SMILES string of the molecule is CN[C@@H](C)c1ncccn1. The van der Waals surface area contributed by atoms with Gasteiger partial charge in [-0.15, -0.1) is 0 Å². The van der Waals surface area contributed by atoms with E-state index in [9.17, 15) is 0 Å². The summed E-state index contributed by atoms with van der Waals surface area (Å²) >= 11 is 0. The second-order valence-electron chi connectivity index (χ2n) is 2.12. The zero-order valence-electron chi connectivity index (χ0n) is 6.20. The Kier molecular flexibility index (Phi) is 2.34. The highest BCUT2D eigenvalue weighted by molar-refractivity contribution is 4.93. The molecular formula is C7H11N3. The molecule has 0 radical (unpaired) electrons. The highest BCUT2D eigenvalue weighted by atomic mass is 15.0. The first-order chi connectivity index (χ1) is 4.84. The van der Waals surface area contributed by atoms with Crippen molar-refractivity contribution < 1.29 is 0 Å². The Morgan fingerprint density at radius 1 is 1.40 bits per heavy atom. The first-order valence-corrected chi connectivity index (χ1v) is 3.28. The van der Waals surface area contributed by atoms with Crippen molar-refractivity contribution in [1.82, 2.24) is 15.3 Å². The van der Waals surface area contributed by atoms with E-state index in [2.05, 4.69) is 15.3 Å². The lowest BCUT2D eigenvalue weighted by Gasteiger charge is -2.05. The summed E-state index contributed by atoms with van der Waals surface area (Å²) in [6, 6.07) is 2.05. The van der Waals surface area contributed by atoms with Crippen LogP contribution in [-0.4, -0.2) is 17.0 Å². The topological polar surface area (TPSA) is 37.8 Å². The van der Waals surface area contributed by atoms with E-state index < -0.39 is 0 Å². The normalized spacial score (nSPS) is 13.0. The molecule has 0 aliphatic heterocycles. The van der Waals surface area contributed by atoms with Crippen LogP contribution in [0.25, 0.3) is 0 Å². The second-order valence-corrected chi connectivity index (χ2v) is 2.12. The molecule has 0 aromatic carbocycles. The molecule has 0 bridgehead atoms. The fourth-order valence-corrected chi connectivity index (χ4v) is 0.663. The lowest BCUT2D eigenvalue weighted by atomic mass is 10.3. The molecule has 0 spiro atoms. The van der Waals surface area contributed by atoms with Crippen LogP contribution in [-0.2, 0) is 0 Å². The van der Waals surface area contributed by atoms with Crippen molar-refractivity contribution in [2.75, 3.05) is 7.05 Å². The summed E-state index contributed by atoms with van der Waals surface area (Å²) in [6.07, 6.45) is 3.49. The lowest BCUT2D eigenvalue weighted by molar-refractivity contribution is 0.610. The van der Waals surface area contributed by atoms with E-state index in [1.807, 2.05) is 20.0 Å². The van der Waals surface area contributed by atoms with Gasteiger partial charge >= 0.3 is 0 Å². The first-order valence-electron chi connectivity index (χ1n) is 3.28. The summed E-state index contributed by atoms with van der Waals surface area (Å²) in [5.41, 5.74) is 0. The van der Waals surface area contributed by atoms with E-state index in [1.165, 1.54) is 0 Å². The molecule has 0 aliphatic rings. The predicted octanol–water partition coefficient (Wildman–Crippen LogP) is 0.757. The van der Waals surface area contributed by atoms with E-state index >= 15 is 0 Å². The summed E-state index contributed by atoms with van der Waals surface area (Å²) in [6.45, 7) is 2.02. The molecule has 1 rings (SSSR count). The van der Waals surface area contributed by atoms with Crippen LogP contribution >= 0.6 is 0 Å². The molecule has 1 heterocycles. The van der Waals surface area contributed by atoms with Gasteiger partial charge in [0.2, 0.25) is 0 Å². The Morgan fingerprint density at radius 2 is 2.00 bits per heavy atom. The summed E-state index contributed by atoms with van der Waals surface area (Å²) < 4.78 is 0. The van der Waals surface area contributed by atoms with Gasteiger partial charge in [0, 0.05) is 12.4 Å². The molecule has 1 aromatic heterocycles. The van der Waals surface area contributed by atoms with Gasteiger partial charge in [0.15, 0.2) is 0 Å². The minimum Gasteiger partial charge on any atom is -0.311 e. The maximum Gasteiger partial charge on any atom is 0.144 e. The number of nitrogens with one attached hydrogen (secondary N) is 1. The fourth-order valence-electron chi connectivity index (χ4n) is 0.663. The number of aromatic nitrogens is 2. The smallest absolute Gasteiger partial charge is 0.144 e.